The molecule has 34 heavy (non-hydrogen) atoms. The first-order valence-electron chi connectivity index (χ1n) is 11.5. The number of rotatable bonds is 4. The number of nitrogens with two attached hydrogens (primary N) is 1. The highest BCUT2D eigenvalue weighted by atomic mass is 35.5. The largest absolute Gasteiger partial charge is 0.351 e. The summed E-state index contributed by atoms with van der Waals surface area (Å²) in [5.41, 5.74) is 8.99. The van der Waals surface area contributed by atoms with Crippen LogP contribution in [0.5, 0.6) is 0 Å². The highest BCUT2D eigenvalue weighted by Crippen LogP contribution is 2.34. The molecule has 3 aliphatic rings. The predicted octanol–water partition coefficient (Wildman–Crippen LogP) is 4.13. The monoisotopic (exact) mass is 475 g/mol. The van der Waals surface area contributed by atoms with Crippen LogP contribution < -0.4 is 15.5 Å². The van der Waals surface area contributed by atoms with Crippen molar-refractivity contribution in [2.75, 3.05) is 22.9 Å². The molecule has 2 aromatic carbocycles. The molecule has 0 saturated carbocycles. The molecule has 5 rings (SSSR count). The number of urea groups is 1. The van der Waals surface area contributed by atoms with Gasteiger partial charge in [-0.05, 0) is 60.9 Å². The van der Waals surface area contributed by atoms with Crippen LogP contribution in [0.2, 0.25) is 5.02 Å². The first-order chi connectivity index (χ1) is 16.5. The molecule has 2 aliphatic heterocycles. The van der Waals surface area contributed by atoms with Gasteiger partial charge in [0, 0.05) is 35.9 Å². The maximum Gasteiger partial charge on any atom is 0.320 e. The molecule has 0 spiro atoms. The highest BCUT2D eigenvalue weighted by molar-refractivity contribution is 6.30. The number of allylic oxidation sites excluding steroid dienone is 2. The quantitative estimate of drug-likeness (QED) is 0.721. The molecule has 0 bridgehead atoms. The zero-order chi connectivity index (χ0) is 23.7. The maximum absolute atomic E-state index is 13.9. The summed E-state index contributed by atoms with van der Waals surface area (Å²) in [6, 6.07) is 12.8. The minimum absolute atomic E-state index is 0.188. The number of primary amides is 1. The van der Waals surface area contributed by atoms with E-state index >= 15 is 0 Å². The van der Waals surface area contributed by atoms with Crippen LogP contribution >= 0.6 is 11.6 Å². The van der Waals surface area contributed by atoms with Gasteiger partial charge >= 0.3 is 6.03 Å². The Bertz CT molecular complexity index is 1170. The average Bonchev–Trinajstić information content (AvgIpc) is 3.34. The molecule has 1 unspecified atom stereocenters. The number of carbonyl (C=O) groups is 2. The number of fused-ring (bicyclic) bond motifs is 1. The number of anilines is 2. The molecule has 7 nitrogen and oxygen atoms in total. The number of hydrogen-bond acceptors (Lipinski definition) is 4. The number of carbonyl (C=O) groups excluding carboxylic acids is 2. The molecule has 2 aromatic rings. The molecule has 1 aliphatic carbocycles. The molecule has 0 aromatic heterocycles. The van der Waals surface area contributed by atoms with Gasteiger partial charge in [-0.1, -0.05) is 42.0 Å². The molecule has 8 heteroatoms. The second-order valence-corrected chi connectivity index (χ2v) is 9.07. The molecule has 1 fully saturated rings. The van der Waals surface area contributed by atoms with Crippen LogP contribution in [-0.2, 0) is 11.2 Å². The third kappa shape index (κ3) is 4.31. The van der Waals surface area contributed by atoms with E-state index in [-0.39, 0.29) is 11.9 Å². The van der Waals surface area contributed by atoms with Crippen molar-refractivity contribution in [1.82, 2.24) is 5.01 Å². The van der Waals surface area contributed by atoms with E-state index in [2.05, 4.69) is 10.1 Å². The van der Waals surface area contributed by atoms with Gasteiger partial charge in [0.15, 0.2) is 0 Å². The van der Waals surface area contributed by atoms with Gasteiger partial charge in [-0.3, -0.25) is 19.6 Å². The normalized spacial score (nSPS) is 21.6. The standard InChI is InChI=1S/C26H26ClN5O2/c27-19-7-11-22(12-8-19)32(26(28)34)24-17-18-5-1-2-6-23(18)31(25(24)33)21-13-9-20(10-14-21)29-30-15-3-4-16-30/h1-2,5-14,21,24H,3-4,15-17H2,(H2,28,34). The molecular formula is C26H26ClN5O2. The molecule has 174 valence electrons. The maximum atomic E-state index is 13.9. The summed E-state index contributed by atoms with van der Waals surface area (Å²) in [6.45, 7) is 1.95. The topological polar surface area (TPSA) is 82.2 Å². The zero-order valence-corrected chi connectivity index (χ0v) is 19.4. The molecule has 1 saturated heterocycles. The van der Waals surface area contributed by atoms with Gasteiger partial charge in [-0.2, -0.15) is 5.10 Å². The Morgan fingerprint density at radius 2 is 1.71 bits per heavy atom. The molecule has 1 atom stereocenters. The lowest BCUT2D eigenvalue weighted by atomic mass is 9.93. The molecular weight excluding hydrogens is 450 g/mol. The number of benzene rings is 2. The average molecular weight is 476 g/mol. The van der Waals surface area contributed by atoms with Gasteiger partial charge in [0.2, 0.25) is 0 Å². The minimum atomic E-state index is -0.768. The number of nitrogens with zero attached hydrogens (tertiary/aromatic N) is 4. The third-order valence-corrected chi connectivity index (χ3v) is 6.66. The number of hydrazone groups is 1. The number of amides is 3. The lowest BCUT2D eigenvalue weighted by molar-refractivity contribution is -0.120. The first kappa shape index (κ1) is 22.2. The van der Waals surface area contributed by atoms with Crippen LogP contribution in [0, 0.1) is 0 Å². The number of para-hydroxylation sites is 1. The van der Waals surface area contributed by atoms with E-state index in [1.807, 2.05) is 48.6 Å². The van der Waals surface area contributed by atoms with Crippen LogP contribution in [0.25, 0.3) is 0 Å². The SMILES string of the molecule is NC(=O)N(c1ccc(Cl)cc1)C1Cc2ccccc2N(C2C=CC(=NN3CCCC3)C=C2)C1=O. The van der Waals surface area contributed by atoms with Crippen LogP contribution in [0.4, 0.5) is 16.2 Å². The Hall–Kier alpha value is -3.58. The van der Waals surface area contributed by atoms with Crippen molar-refractivity contribution in [3.63, 3.8) is 0 Å². The minimum Gasteiger partial charge on any atom is -0.351 e. The Morgan fingerprint density at radius 3 is 2.38 bits per heavy atom. The zero-order valence-electron chi connectivity index (χ0n) is 18.7. The van der Waals surface area contributed by atoms with Crippen LogP contribution in [0.3, 0.4) is 0 Å². The van der Waals surface area contributed by atoms with Crippen molar-refractivity contribution >= 4 is 40.6 Å². The van der Waals surface area contributed by atoms with E-state index in [1.54, 1.807) is 29.2 Å². The summed E-state index contributed by atoms with van der Waals surface area (Å²) in [7, 11) is 0. The van der Waals surface area contributed by atoms with Crippen LogP contribution in [0.1, 0.15) is 18.4 Å². The second-order valence-electron chi connectivity index (χ2n) is 8.64. The summed E-state index contributed by atoms with van der Waals surface area (Å²) in [4.78, 5) is 29.5. The fourth-order valence-corrected chi connectivity index (χ4v) is 4.91. The Morgan fingerprint density at radius 1 is 1.03 bits per heavy atom. The van der Waals surface area contributed by atoms with Crippen LogP contribution in [-0.4, -0.2) is 47.8 Å². The van der Waals surface area contributed by atoms with E-state index in [9.17, 15) is 9.59 Å². The first-order valence-corrected chi connectivity index (χ1v) is 11.8. The molecule has 0 radical (unpaired) electrons. The summed E-state index contributed by atoms with van der Waals surface area (Å²) >= 11 is 6.03. The van der Waals surface area contributed by atoms with Crippen molar-refractivity contribution in [1.29, 1.82) is 0 Å². The Kier molecular flexibility index (Phi) is 6.11. The summed E-state index contributed by atoms with van der Waals surface area (Å²) < 4.78 is 0. The summed E-state index contributed by atoms with van der Waals surface area (Å²) in [5.74, 6) is -0.188. The van der Waals surface area contributed by atoms with Crippen molar-refractivity contribution in [2.24, 2.45) is 10.8 Å². The fourth-order valence-electron chi connectivity index (χ4n) is 4.78. The van der Waals surface area contributed by atoms with Gasteiger partial charge in [0.25, 0.3) is 5.91 Å². The lowest BCUT2D eigenvalue weighted by Gasteiger charge is -2.41. The Labute approximate surface area is 203 Å². The smallest absolute Gasteiger partial charge is 0.320 e. The van der Waals surface area contributed by atoms with Gasteiger partial charge in [0.05, 0.1) is 11.8 Å². The van der Waals surface area contributed by atoms with E-state index in [1.165, 1.54) is 4.90 Å². The van der Waals surface area contributed by atoms with Gasteiger partial charge in [0.1, 0.15) is 6.04 Å². The molecule has 3 amide bonds. The van der Waals surface area contributed by atoms with E-state index in [4.69, 9.17) is 17.3 Å². The number of halogens is 1. The molecule has 2 heterocycles. The van der Waals surface area contributed by atoms with Crippen molar-refractivity contribution in [3.8, 4) is 0 Å². The second kappa shape index (κ2) is 9.35. The highest BCUT2D eigenvalue weighted by Gasteiger charge is 2.40. The van der Waals surface area contributed by atoms with E-state index < -0.39 is 12.1 Å². The van der Waals surface area contributed by atoms with Crippen molar-refractivity contribution in [3.05, 3.63) is 83.4 Å². The van der Waals surface area contributed by atoms with Gasteiger partial charge in [-0.25, -0.2) is 4.79 Å². The fraction of sp³-hybridized carbons (Fsp3) is 0.269. The van der Waals surface area contributed by atoms with Crippen LogP contribution in [0.15, 0.2) is 77.9 Å². The molecule has 2 N–H and O–H groups in total. The summed E-state index contributed by atoms with van der Waals surface area (Å²) in [5, 5.41) is 7.31. The third-order valence-electron chi connectivity index (χ3n) is 6.41. The van der Waals surface area contributed by atoms with Gasteiger partial charge in [-0.15, -0.1) is 0 Å². The van der Waals surface area contributed by atoms with Gasteiger partial charge < -0.3 is 5.73 Å². The predicted molar refractivity (Wildman–Crippen MR) is 135 cm³/mol. The lowest BCUT2D eigenvalue weighted by Crippen LogP contribution is -2.58. The van der Waals surface area contributed by atoms with Crippen molar-refractivity contribution < 1.29 is 9.59 Å². The van der Waals surface area contributed by atoms with E-state index in [0.717, 1.165) is 42.9 Å². The van der Waals surface area contributed by atoms with Crippen molar-refractivity contribution in [2.45, 2.75) is 31.3 Å². The number of hydrogen-bond donors (Lipinski definition) is 1. The Balaban J connectivity index is 1.47. The summed E-state index contributed by atoms with van der Waals surface area (Å²) in [6.07, 6.45) is 10.6. The van der Waals surface area contributed by atoms with E-state index in [0.29, 0.717) is 17.1 Å².